The number of benzene rings is 3. The van der Waals surface area contributed by atoms with Crippen LogP contribution in [0, 0.1) is 0 Å². The minimum absolute atomic E-state index is 0.604. The number of carbonyl (C=O) groups is 2. The Morgan fingerprint density at radius 3 is 1.47 bits per heavy atom. The predicted molar refractivity (Wildman–Crippen MR) is 134 cm³/mol. The predicted octanol–water partition coefficient (Wildman–Crippen LogP) is 3.91. The van der Waals surface area contributed by atoms with E-state index in [2.05, 4.69) is 104 Å². The first-order valence-electron chi connectivity index (χ1n) is 10.6. The summed E-state index contributed by atoms with van der Waals surface area (Å²) in [7, 11) is 0. The van der Waals surface area contributed by atoms with Gasteiger partial charge in [-0.2, -0.15) is 0 Å². The molecule has 10 nitrogen and oxygen atoms in total. The van der Waals surface area contributed by atoms with Crippen molar-refractivity contribution in [2.75, 3.05) is 0 Å². The minimum Gasteiger partial charge on any atom is -0.465 e. The second-order valence-corrected chi connectivity index (χ2v) is 7.33. The van der Waals surface area contributed by atoms with Gasteiger partial charge in [0, 0.05) is 0 Å². The summed E-state index contributed by atoms with van der Waals surface area (Å²) in [4.78, 5) is 30.9. The molecule has 182 valence electrons. The fraction of sp³-hybridized carbons (Fsp3) is 0.0385. The normalized spacial score (nSPS) is 10.3. The van der Waals surface area contributed by atoms with Crippen molar-refractivity contribution in [3.05, 3.63) is 127 Å². The molecule has 0 atom stereocenters. The maximum atomic E-state index is 8.78. The number of rotatable bonds is 4. The molecule has 6 N–H and O–H groups in total. The molecule has 5 rings (SSSR count). The van der Waals surface area contributed by atoms with E-state index in [0.29, 0.717) is 0 Å². The topological polar surface area (TPSA) is 170 Å². The van der Waals surface area contributed by atoms with Crippen LogP contribution in [0.15, 0.2) is 110 Å². The molecule has 0 aliphatic heterocycles. The molecule has 0 saturated carbocycles. The number of nitrogens with two attached hydrogens (primary N) is 2. The van der Waals surface area contributed by atoms with Gasteiger partial charge in [-0.25, -0.2) is 24.5 Å². The highest BCUT2D eigenvalue weighted by Crippen LogP contribution is 2.41. The van der Waals surface area contributed by atoms with E-state index in [0.717, 1.165) is 27.9 Å². The van der Waals surface area contributed by atoms with E-state index in [1.54, 1.807) is 12.5 Å². The van der Waals surface area contributed by atoms with Crippen LogP contribution < -0.4 is 11.5 Å². The van der Waals surface area contributed by atoms with Crippen LogP contribution in [0.3, 0.4) is 0 Å². The summed E-state index contributed by atoms with van der Waals surface area (Å²) in [5.74, 6) is 0. The highest BCUT2D eigenvalue weighted by atomic mass is 16.4. The van der Waals surface area contributed by atoms with Crippen LogP contribution in [0.1, 0.15) is 16.7 Å². The highest BCUT2D eigenvalue weighted by molar-refractivity contribution is 5.71. The summed E-state index contributed by atoms with van der Waals surface area (Å²) >= 11 is 0. The molecule has 0 bridgehead atoms. The van der Waals surface area contributed by atoms with Gasteiger partial charge < -0.3 is 21.7 Å². The zero-order valence-electron chi connectivity index (χ0n) is 19.0. The molecule has 2 aromatic heterocycles. The Hall–Kier alpha value is -5.25. The maximum Gasteiger partial charge on any atom is 0.402 e. The zero-order valence-corrected chi connectivity index (χ0v) is 19.0. The van der Waals surface area contributed by atoms with Gasteiger partial charge in [-0.1, -0.05) is 91.0 Å². The summed E-state index contributed by atoms with van der Waals surface area (Å²) < 4.78 is 2.16. The molecular formula is C26H24N6O4. The van der Waals surface area contributed by atoms with Gasteiger partial charge in [0.1, 0.15) is 17.4 Å². The number of hydrogen-bond donors (Lipinski definition) is 4. The number of fused-ring (bicyclic) bond motifs is 1. The van der Waals surface area contributed by atoms with Crippen LogP contribution in [-0.4, -0.2) is 41.9 Å². The largest absolute Gasteiger partial charge is 0.465 e. The fourth-order valence-corrected chi connectivity index (χ4v) is 3.97. The van der Waals surface area contributed by atoms with E-state index < -0.39 is 17.7 Å². The van der Waals surface area contributed by atoms with E-state index in [1.165, 1.54) is 0 Å². The van der Waals surface area contributed by atoms with Crippen LogP contribution in [0.4, 0.5) is 9.59 Å². The van der Waals surface area contributed by atoms with E-state index in [-0.39, 0.29) is 0 Å². The minimum atomic E-state index is -1.33. The standard InChI is InChI=1S/C24H18N4.2CH3NO2/c1-4-10-19(11-5-1)24(20-12-6-2-7-13-20,21-14-8-3-9-15-21)28-18-27-22-16-25-17-26-23(22)28;2*2-1(3)4/h1-18H;2*2H2,(H,3,4). The number of carboxylic acid groups (broad SMARTS) is 2. The number of amides is 2. The Balaban J connectivity index is 0.000000398. The molecule has 0 radical (unpaired) electrons. The number of nitrogens with zero attached hydrogens (tertiary/aromatic N) is 4. The average Bonchev–Trinajstić information content (AvgIpc) is 3.31. The van der Waals surface area contributed by atoms with Gasteiger partial charge >= 0.3 is 12.2 Å². The molecule has 0 fully saturated rings. The first kappa shape index (κ1) is 25.4. The summed E-state index contributed by atoms with van der Waals surface area (Å²) in [6.07, 6.45) is 2.53. The third-order valence-electron chi connectivity index (χ3n) is 5.15. The van der Waals surface area contributed by atoms with E-state index in [4.69, 9.17) is 19.8 Å². The number of imidazole rings is 1. The van der Waals surface area contributed by atoms with Crippen molar-refractivity contribution in [3.8, 4) is 0 Å². The Morgan fingerprint density at radius 2 is 1.08 bits per heavy atom. The summed E-state index contributed by atoms with van der Waals surface area (Å²) in [6, 6.07) is 31.5. The summed E-state index contributed by atoms with van der Waals surface area (Å²) in [6.45, 7) is 0. The molecule has 3 aromatic carbocycles. The maximum absolute atomic E-state index is 8.78. The monoisotopic (exact) mass is 484 g/mol. The Kier molecular flexibility index (Phi) is 8.28. The lowest BCUT2D eigenvalue weighted by Crippen LogP contribution is -2.37. The molecule has 36 heavy (non-hydrogen) atoms. The molecule has 5 aromatic rings. The van der Waals surface area contributed by atoms with Gasteiger partial charge in [0.25, 0.3) is 0 Å². The van der Waals surface area contributed by atoms with Gasteiger partial charge in [-0.05, 0) is 16.7 Å². The SMILES string of the molecule is NC(=O)O.NC(=O)O.c1ccc(C(c2ccccc2)(c2ccccc2)n2cnc3cncnc32)cc1. The van der Waals surface area contributed by atoms with Crippen LogP contribution >= 0.6 is 0 Å². The van der Waals surface area contributed by atoms with Crippen LogP contribution in [0.25, 0.3) is 11.2 Å². The number of aromatic nitrogens is 4. The molecule has 2 heterocycles. The zero-order chi connectivity index (χ0) is 26.0. The van der Waals surface area contributed by atoms with Crippen molar-refractivity contribution >= 4 is 23.4 Å². The first-order valence-corrected chi connectivity index (χ1v) is 10.6. The molecular weight excluding hydrogens is 460 g/mol. The van der Waals surface area contributed by atoms with E-state index in [1.807, 2.05) is 24.5 Å². The lowest BCUT2D eigenvalue weighted by molar-refractivity contribution is 0.204. The van der Waals surface area contributed by atoms with Crippen LogP contribution in [-0.2, 0) is 5.54 Å². The van der Waals surface area contributed by atoms with Gasteiger partial charge in [0.15, 0.2) is 5.65 Å². The lowest BCUT2D eigenvalue weighted by atomic mass is 9.76. The Morgan fingerprint density at radius 1 is 0.694 bits per heavy atom. The third kappa shape index (κ3) is 5.62. The second kappa shape index (κ2) is 11.7. The Labute approximate surface area is 206 Å². The molecule has 0 aliphatic carbocycles. The van der Waals surface area contributed by atoms with Crippen molar-refractivity contribution in [2.45, 2.75) is 5.54 Å². The van der Waals surface area contributed by atoms with Gasteiger partial charge in [-0.15, -0.1) is 0 Å². The number of hydrogen-bond acceptors (Lipinski definition) is 5. The quantitative estimate of drug-likeness (QED) is 0.280. The smallest absolute Gasteiger partial charge is 0.402 e. The first-order chi connectivity index (χ1) is 17.4. The molecule has 10 heteroatoms. The third-order valence-corrected chi connectivity index (χ3v) is 5.15. The van der Waals surface area contributed by atoms with Crippen molar-refractivity contribution in [1.29, 1.82) is 0 Å². The van der Waals surface area contributed by atoms with Crippen LogP contribution in [0.2, 0.25) is 0 Å². The second-order valence-electron chi connectivity index (χ2n) is 7.33. The summed E-state index contributed by atoms with van der Waals surface area (Å²) in [5, 5.41) is 14.4. The van der Waals surface area contributed by atoms with Gasteiger partial charge in [0.05, 0.1) is 12.5 Å². The molecule has 0 spiro atoms. The summed E-state index contributed by atoms with van der Waals surface area (Å²) in [5.41, 5.74) is 12.5. The van der Waals surface area contributed by atoms with Crippen LogP contribution in [0.5, 0.6) is 0 Å². The molecule has 0 aliphatic rings. The van der Waals surface area contributed by atoms with Crippen molar-refractivity contribution in [1.82, 2.24) is 19.5 Å². The fourth-order valence-electron chi connectivity index (χ4n) is 3.97. The van der Waals surface area contributed by atoms with Crippen molar-refractivity contribution in [3.63, 3.8) is 0 Å². The van der Waals surface area contributed by atoms with E-state index >= 15 is 0 Å². The van der Waals surface area contributed by atoms with Gasteiger partial charge in [0.2, 0.25) is 0 Å². The average molecular weight is 485 g/mol. The number of primary amides is 2. The molecule has 0 saturated heterocycles. The van der Waals surface area contributed by atoms with Gasteiger partial charge in [-0.3, -0.25) is 4.57 Å². The van der Waals surface area contributed by atoms with E-state index in [9.17, 15) is 0 Å². The van der Waals surface area contributed by atoms with Crippen molar-refractivity contribution < 1.29 is 19.8 Å². The molecule has 2 amide bonds. The highest BCUT2D eigenvalue weighted by Gasteiger charge is 2.39. The van der Waals surface area contributed by atoms with Crippen molar-refractivity contribution in [2.24, 2.45) is 11.5 Å². The lowest BCUT2D eigenvalue weighted by Gasteiger charge is -2.37. The Bertz CT molecular complexity index is 1290. The molecule has 0 unspecified atom stereocenters.